The van der Waals surface area contributed by atoms with E-state index in [1.165, 1.54) is 30.4 Å². The number of ether oxygens (including phenoxy) is 3. The van der Waals surface area contributed by atoms with Gasteiger partial charge in [-0.05, 0) is 50.5 Å². The quantitative estimate of drug-likeness (QED) is 0.182. The van der Waals surface area contributed by atoms with E-state index in [4.69, 9.17) is 14.2 Å². The fraction of sp³-hybridized carbons (Fsp3) is 0.467. The molecule has 0 heterocycles. The van der Waals surface area contributed by atoms with Crippen molar-refractivity contribution in [3.63, 3.8) is 0 Å². The van der Waals surface area contributed by atoms with Crippen molar-refractivity contribution < 1.29 is 41.4 Å². The molecule has 0 N–H and O–H groups in total. The van der Waals surface area contributed by atoms with E-state index in [1.54, 1.807) is 13.8 Å². The van der Waals surface area contributed by atoms with Crippen LogP contribution in [0.1, 0.15) is 81.3 Å². The summed E-state index contributed by atoms with van der Waals surface area (Å²) in [6.07, 6.45) is 1.94. The SMILES string of the molecule is CC.CO/C=C/c1ccc(Oc2cc(C(=O)OC)c(N(C(=O)C3CCCCC3)C(C)C)cc2F)c(C(F)(F)F)c1. The van der Waals surface area contributed by atoms with Gasteiger partial charge in [0, 0.05) is 24.1 Å². The lowest BCUT2D eigenvalue weighted by Gasteiger charge is -2.33. The van der Waals surface area contributed by atoms with Crippen LogP contribution in [-0.2, 0) is 20.4 Å². The number of amides is 1. The minimum absolute atomic E-state index is 0.0247. The highest BCUT2D eigenvalue weighted by atomic mass is 19.4. The van der Waals surface area contributed by atoms with Crippen LogP contribution in [0.2, 0.25) is 0 Å². The topological polar surface area (TPSA) is 65.1 Å². The molecule has 3 rings (SSSR count). The number of hydrogen-bond donors (Lipinski definition) is 0. The number of methoxy groups -OCH3 is 2. The van der Waals surface area contributed by atoms with Crippen LogP contribution in [0.15, 0.2) is 36.6 Å². The summed E-state index contributed by atoms with van der Waals surface area (Å²) < 4.78 is 71.7. The highest BCUT2D eigenvalue weighted by Gasteiger charge is 2.36. The van der Waals surface area contributed by atoms with Crippen LogP contribution in [0.4, 0.5) is 23.2 Å². The Balaban J connectivity index is 0.00000274. The number of rotatable bonds is 8. The van der Waals surface area contributed by atoms with Crippen LogP contribution < -0.4 is 9.64 Å². The summed E-state index contributed by atoms with van der Waals surface area (Å²) in [6, 6.07) is 4.71. The van der Waals surface area contributed by atoms with Gasteiger partial charge in [0.25, 0.3) is 0 Å². The van der Waals surface area contributed by atoms with Crippen LogP contribution >= 0.6 is 0 Å². The smallest absolute Gasteiger partial charge is 0.420 e. The molecule has 1 aliphatic carbocycles. The highest BCUT2D eigenvalue weighted by molar-refractivity contribution is 6.04. The molecule has 0 spiro atoms. The Bertz CT molecular complexity index is 1190. The molecule has 1 saturated carbocycles. The third kappa shape index (κ3) is 7.99. The van der Waals surface area contributed by atoms with Gasteiger partial charge in [-0.15, -0.1) is 0 Å². The van der Waals surface area contributed by atoms with Gasteiger partial charge in [0.15, 0.2) is 11.6 Å². The number of benzene rings is 2. The van der Waals surface area contributed by atoms with Gasteiger partial charge in [-0.2, -0.15) is 13.2 Å². The first-order chi connectivity index (χ1) is 19.0. The minimum Gasteiger partial charge on any atom is -0.504 e. The third-order valence-electron chi connectivity index (χ3n) is 6.35. The minimum atomic E-state index is -4.81. The molecule has 0 radical (unpaired) electrons. The van der Waals surface area contributed by atoms with E-state index in [1.807, 2.05) is 13.8 Å². The van der Waals surface area contributed by atoms with Crippen LogP contribution in [0.5, 0.6) is 11.5 Å². The number of anilines is 1. The molecule has 2 aromatic rings. The van der Waals surface area contributed by atoms with E-state index >= 15 is 4.39 Å². The summed E-state index contributed by atoms with van der Waals surface area (Å²) in [5.74, 6) is -3.70. The fourth-order valence-electron chi connectivity index (χ4n) is 4.52. The van der Waals surface area contributed by atoms with Crippen LogP contribution in [-0.4, -0.2) is 32.1 Å². The standard InChI is InChI=1S/C28H31F4NO5.C2H6/c1-17(2)33(26(34)19-8-6-5-7-9-19)23-16-22(29)25(15-20(23)27(35)37-4)38-24-11-10-18(12-13-36-3)14-21(24)28(30,31)32;1-2/h10-17,19H,5-9H2,1-4H3;1-2H3/b13-12+;. The molecule has 0 unspecified atom stereocenters. The first-order valence-corrected chi connectivity index (χ1v) is 13.3. The van der Waals surface area contributed by atoms with Gasteiger partial charge in [0.1, 0.15) is 5.75 Å². The van der Waals surface area contributed by atoms with E-state index in [0.717, 1.165) is 50.6 Å². The maximum Gasteiger partial charge on any atom is 0.420 e. The molecule has 1 amide bonds. The molecule has 0 aliphatic heterocycles. The number of carbonyl (C=O) groups is 2. The number of esters is 1. The van der Waals surface area contributed by atoms with Gasteiger partial charge >= 0.3 is 12.1 Å². The zero-order chi connectivity index (χ0) is 30.0. The normalized spacial score (nSPS) is 14.0. The van der Waals surface area contributed by atoms with E-state index in [9.17, 15) is 22.8 Å². The Hall–Kier alpha value is -3.56. The lowest BCUT2D eigenvalue weighted by Crippen LogP contribution is -2.42. The van der Waals surface area contributed by atoms with Crippen molar-refractivity contribution in [3.05, 3.63) is 59.1 Å². The predicted octanol–water partition coefficient (Wildman–Crippen LogP) is 8.39. The fourth-order valence-corrected chi connectivity index (χ4v) is 4.52. The van der Waals surface area contributed by atoms with Gasteiger partial charge in [-0.3, -0.25) is 4.79 Å². The Kier molecular flexibility index (Phi) is 12.0. The molecule has 220 valence electrons. The lowest BCUT2D eigenvalue weighted by molar-refractivity contribution is -0.138. The second kappa shape index (κ2) is 14.7. The monoisotopic (exact) mass is 567 g/mol. The molecule has 40 heavy (non-hydrogen) atoms. The average Bonchev–Trinajstić information content (AvgIpc) is 2.94. The molecule has 6 nitrogen and oxygen atoms in total. The van der Waals surface area contributed by atoms with Gasteiger partial charge < -0.3 is 19.1 Å². The van der Waals surface area contributed by atoms with Crippen molar-refractivity contribution in [2.24, 2.45) is 5.92 Å². The Labute approximate surface area is 232 Å². The summed E-state index contributed by atoms with van der Waals surface area (Å²) in [5, 5.41) is 0. The zero-order valence-electron chi connectivity index (χ0n) is 23.7. The molecular formula is C30H37F4NO5. The Morgan fingerprint density at radius 3 is 2.20 bits per heavy atom. The number of nitrogens with zero attached hydrogens (tertiary/aromatic N) is 1. The van der Waals surface area contributed by atoms with E-state index < -0.39 is 41.1 Å². The maximum atomic E-state index is 15.4. The Morgan fingerprint density at radius 1 is 1.00 bits per heavy atom. The lowest BCUT2D eigenvalue weighted by atomic mass is 9.87. The largest absolute Gasteiger partial charge is 0.504 e. The van der Waals surface area contributed by atoms with E-state index in [2.05, 4.69) is 0 Å². The Morgan fingerprint density at radius 2 is 1.65 bits per heavy atom. The number of carbonyl (C=O) groups excluding carboxylic acids is 2. The van der Waals surface area contributed by atoms with Crippen LogP contribution in [0.3, 0.4) is 0 Å². The average molecular weight is 568 g/mol. The molecule has 1 aliphatic rings. The van der Waals surface area contributed by atoms with Crippen LogP contribution in [0, 0.1) is 11.7 Å². The number of halogens is 4. The van der Waals surface area contributed by atoms with Gasteiger partial charge in [0.05, 0.1) is 37.3 Å². The molecule has 0 aromatic heterocycles. The number of alkyl halides is 3. The summed E-state index contributed by atoms with van der Waals surface area (Å²) in [5.41, 5.74) is -1.18. The molecule has 10 heteroatoms. The van der Waals surface area contributed by atoms with Crippen LogP contribution in [0.25, 0.3) is 6.08 Å². The van der Waals surface area contributed by atoms with Crippen molar-refractivity contribution in [1.82, 2.24) is 0 Å². The van der Waals surface area contributed by atoms with E-state index in [-0.39, 0.29) is 28.6 Å². The highest BCUT2D eigenvalue weighted by Crippen LogP contribution is 2.41. The summed E-state index contributed by atoms with van der Waals surface area (Å²) in [7, 11) is 2.47. The zero-order valence-corrected chi connectivity index (χ0v) is 23.7. The summed E-state index contributed by atoms with van der Waals surface area (Å²) in [6.45, 7) is 7.47. The van der Waals surface area contributed by atoms with Crippen molar-refractivity contribution in [2.75, 3.05) is 19.1 Å². The summed E-state index contributed by atoms with van der Waals surface area (Å²) >= 11 is 0. The third-order valence-corrected chi connectivity index (χ3v) is 6.35. The molecule has 0 bridgehead atoms. The molecular weight excluding hydrogens is 530 g/mol. The second-order valence-electron chi connectivity index (χ2n) is 9.32. The predicted molar refractivity (Wildman–Crippen MR) is 146 cm³/mol. The first-order valence-electron chi connectivity index (χ1n) is 13.3. The molecule has 1 fully saturated rings. The van der Waals surface area contributed by atoms with Gasteiger partial charge in [-0.25, -0.2) is 9.18 Å². The van der Waals surface area contributed by atoms with Crippen molar-refractivity contribution in [3.8, 4) is 11.5 Å². The maximum absolute atomic E-state index is 15.4. The van der Waals surface area contributed by atoms with Crippen molar-refractivity contribution in [1.29, 1.82) is 0 Å². The second-order valence-corrected chi connectivity index (χ2v) is 9.32. The van der Waals surface area contributed by atoms with Gasteiger partial charge in [0.2, 0.25) is 5.91 Å². The summed E-state index contributed by atoms with van der Waals surface area (Å²) in [4.78, 5) is 27.5. The molecule has 0 saturated heterocycles. The number of hydrogen-bond acceptors (Lipinski definition) is 5. The van der Waals surface area contributed by atoms with Gasteiger partial charge in [-0.1, -0.05) is 39.2 Å². The molecule has 0 atom stereocenters. The van der Waals surface area contributed by atoms with E-state index in [0.29, 0.717) is 12.8 Å². The first kappa shape index (κ1) is 32.7. The molecule has 2 aromatic carbocycles. The van der Waals surface area contributed by atoms with Crippen molar-refractivity contribution >= 4 is 23.6 Å². The van der Waals surface area contributed by atoms with Crippen molar-refractivity contribution in [2.45, 2.75) is 72.0 Å².